The Labute approximate surface area is 91.6 Å². The topological polar surface area (TPSA) is 21.3 Å². The highest BCUT2D eigenvalue weighted by Crippen LogP contribution is 2.16. The second kappa shape index (κ2) is 5.17. The zero-order valence-corrected chi connectivity index (χ0v) is 9.33. The van der Waals surface area contributed by atoms with Gasteiger partial charge < -0.3 is 10.1 Å². The van der Waals surface area contributed by atoms with Crippen LogP contribution in [0.1, 0.15) is 18.9 Å². The van der Waals surface area contributed by atoms with Gasteiger partial charge in [-0.1, -0.05) is 19.1 Å². The van der Waals surface area contributed by atoms with Crippen molar-refractivity contribution in [3.05, 3.63) is 29.8 Å². The van der Waals surface area contributed by atoms with E-state index >= 15 is 0 Å². The van der Waals surface area contributed by atoms with Crippen molar-refractivity contribution < 1.29 is 4.74 Å². The van der Waals surface area contributed by atoms with Crippen LogP contribution < -0.4 is 10.1 Å². The largest absolute Gasteiger partial charge is 0.494 e. The van der Waals surface area contributed by atoms with Gasteiger partial charge in [0.05, 0.1) is 6.61 Å². The summed E-state index contributed by atoms with van der Waals surface area (Å²) in [6.45, 7) is 5.28. The van der Waals surface area contributed by atoms with E-state index in [1.54, 1.807) is 0 Å². The van der Waals surface area contributed by atoms with Crippen LogP contribution in [-0.2, 0) is 6.42 Å². The predicted octanol–water partition coefficient (Wildman–Crippen LogP) is 2.24. The molecule has 0 amide bonds. The van der Waals surface area contributed by atoms with E-state index in [9.17, 15) is 0 Å². The summed E-state index contributed by atoms with van der Waals surface area (Å²) < 4.78 is 5.54. The van der Waals surface area contributed by atoms with Crippen molar-refractivity contribution in [1.82, 2.24) is 5.32 Å². The van der Waals surface area contributed by atoms with E-state index in [1.165, 1.54) is 25.1 Å². The second-order valence-electron chi connectivity index (χ2n) is 4.22. The standard InChI is InChI=1S/C13H19NO/c1-2-7-15-13-5-3-11(4-6-13)8-12-9-14-10-12/h3-6,12,14H,2,7-10H2,1H3. The van der Waals surface area contributed by atoms with Gasteiger partial charge in [0.15, 0.2) is 0 Å². The molecule has 15 heavy (non-hydrogen) atoms. The van der Waals surface area contributed by atoms with Gasteiger partial charge in [-0.05, 0) is 49.5 Å². The van der Waals surface area contributed by atoms with Gasteiger partial charge >= 0.3 is 0 Å². The molecule has 0 radical (unpaired) electrons. The predicted molar refractivity (Wildman–Crippen MR) is 62.3 cm³/mol. The molecular weight excluding hydrogens is 186 g/mol. The molecule has 2 nitrogen and oxygen atoms in total. The first kappa shape index (κ1) is 10.5. The van der Waals surface area contributed by atoms with Crippen molar-refractivity contribution in [3.8, 4) is 5.75 Å². The Morgan fingerprint density at radius 3 is 2.53 bits per heavy atom. The highest BCUT2D eigenvalue weighted by atomic mass is 16.5. The maximum Gasteiger partial charge on any atom is 0.119 e. The lowest BCUT2D eigenvalue weighted by Crippen LogP contribution is -2.43. The lowest BCUT2D eigenvalue weighted by molar-refractivity contribution is 0.317. The normalized spacial score (nSPS) is 16.1. The molecule has 0 aromatic heterocycles. The number of rotatable bonds is 5. The molecule has 0 unspecified atom stereocenters. The van der Waals surface area contributed by atoms with Crippen molar-refractivity contribution in [2.24, 2.45) is 5.92 Å². The quantitative estimate of drug-likeness (QED) is 0.796. The first-order valence-corrected chi connectivity index (χ1v) is 5.81. The molecule has 1 aliphatic rings. The van der Waals surface area contributed by atoms with E-state index in [0.717, 1.165) is 24.7 Å². The number of hydrogen-bond acceptors (Lipinski definition) is 2. The van der Waals surface area contributed by atoms with Crippen LogP contribution in [0.2, 0.25) is 0 Å². The Morgan fingerprint density at radius 1 is 1.27 bits per heavy atom. The summed E-state index contributed by atoms with van der Waals surface area (Å²) in [6.07, 6.45) is 2.26. The number of hydrogen-bond donors (Lipinski definition) is 1. The molecule has 1 aromatic rings. The smallest absolute Gasteiger partial charge is 0.119 e. The van der Waals surface area contributed by atoms with Gasteiger partial charge in [0.2, 0.25) is 0 Å². The first-order valence-electron chi connectivity index (χ1n) is 5.81. The molecule has 1 fully saturated rings. The molecule has 1 aliphatic heterocycles. The van der Waals surface area contributed by atoms with Crippen molar-refractivity contribution in [2.45, 2.75) is 19.8 Å². The molecule has 0 saturated carbocycles. The van der Waals surface area contributed by atoms with Crippen LogP contribution in [0.4, 0.5) is 0 Å². The van der Waals surface area contributed by atoms with Crippen molar-refractivity contribution >= 4 is 0 Å². The lowest BCUT2D eigenvalue weighted by atomic mass is 9.94. The van der Waals surface area contributed by atoms with Crippen LogP contribution >= 0.6 is 0 Å². The minimum absolute atomic E-state index is 0.811. The number of benzene rings is 1. The van der Waals surface area contributed by atoms with Crippen LogP contribution in [0.5, 0.6) is 5.75 Å². The van der Waals surface area contributed by atoms with Crippen molar-refractivity contribution in [2.75, 3.05) is 19.7 Å². The zero-order valence-electron chi connectivity index (χ0n) is 9.33. The SMILES string of the molecule is CCCOc1ccc(CC2CNC2)cc1. The Hall–Kier alpha value is -1.02. The fourth-order valence-electron chi connectivity index (χ4n) is 1.77. The minimum Gasteiger partial charge on any atom is -0.494 e. The van der Waals surface area contributed by atoms with E-state index in [4.69, 9.17) is 4.74 Å². The third-order valence-corrected chi connectivity index (χ3v) is 2.79. The van der Waals surface area contributed by atoms with Gasteiger partial charge in [-0.15, -0.1) is 0 Å². The van der Waals surface area contributed by atoms with Gasteiger partial charge in [-0.2, -0.15) is 0 Å². The Balaban J connectivity index is 1.85. The molecule has 0 bridgehead atoms. The van der Waals surface area contributed by atoms with Crippen LogP contribution in [0.25, 0.3) is 0 Å². The highest BCUT2D eigenvalue weighted by Gasteiger charge is 2.16. The molecule has 1 aromatic carbocycles. The fourth-order valence-corrected chi connectivity index (χ4v) is 1.77. The summed E-state index contributed by atoms with van der Waals surface area (Å²) in [6, 6.07) is 8.53. The maximum absolute atomic E-state index is 5.54. The summed E-state index contributed by atoms with van der Waals surface area (Å²) in [7, 11) is 0. The van der Waals surface area contributed by atoms with E-state index in [0.29, 0.717) is 0 Å². The Bertz CT molecular complexity index is 290. The van der Waals surface area contributed by atoms with E-state index in [2.05, 4.69) is 36.5 Å². The lowest BCUT2D eigenvalue weighted by Gasteiger charge is -2.27. The molecule has 82 valence electrons. The average molecular weight is 205 g/mol. The Kier molecular flexibility index (Phi) is 3.62. The molecule has 0 atom stereocenters. The summed E-state index contributed by atoms with van der Waals surface area (Å²) in [5, 5.41) is 3.30. The molecule has 1 heterocycles. The maximum atomic E-state index is 5.54. The van der Waals surface area contributed by atoms with Gasteiger partial charge in [-0.3, -0.25) is 0 Å². The van der Waals surface area contributed by atoms with Crippen LogP contribution in [0.3, 0.4) is 0 Å². The van der Waals surface area contributed by atoms with E-state index < -0.39 is 0 Å². The van der Waals surface area contributed by atoms with E-state index in [-0.39, 0.29) is 0 Å². The zero-order chi connectivity index (χ0) is 10.5. The number of nitrogens with one attached hydrogen (secondary N) is 1. The van der Waals surface area contributed by atoms with Crippen molar-refractivity contribution in [3.63, 3.8) is 0 Å². The molecular formula is C13H19NO. The first-order chi connectivity index (χ1) is 7.38. The third-order valence-electron chi connectivity index (χ3n) is 2.79. The van der Waals surface area contributed by atoms with Gasteiger partial charge in [0, 0.05) is 0 Å². The summed E-state index contributed by atoms with van der Waals surface area (Å²) in [4.78, 5) is 0. The highest BCUT2D eigenvalue weighted by molar-refractivity contribution is 5.27. The van der Waals surface area contributed by atoms with Crippen LogP contribution in [0, 0.1) is 5.92 Å². The van der Waals surface area contributed by atoms with Gasteiger partial charge in [-0.25, -0.2) is 0 Å². The average Bonchev–Trinajstić information content (AvgIpc) is 2.22. The summed E-state index contributed by atoms with van der Waals surface area (Å²) in [5.41, 5.74) is 1.42. The number of ether oxygens (including phenoxy) is 1. The molecule has 1 N–H and O–H groups in total. The van der Waals surface area contributed by atoms with E-state index in [1.807, 2.05) is 0 Å². The van der Waals surface area contributed by atoms with Gasteiger partial charge in [0.25, 0.3) is 0 Å². The molecule has 0 aliphatic carbocycles. The molecule has 1 saturated heterocycles. The fraction of sp³-hybridized carbons (Fsp3) is 0.538. The van der Waals surface area contributed by atoms with Crippen LogP contribution in [-0.4, -0.2) is 19.7 Å². The van der Waals surface area contributed by atoms with Crippen LogP contribution in [0.15, 0.2) is 24.3 Å². The summed E-state index contributed by atoms with van der Waals surface area (Å²) in [5.74, 6) is 1.83. The molecule has 0 spiro atoms. The molecule has 2 rings (SSSR count). The summed E-state index contributed by atoms with van der Waals surface area (Å²) >= 11 is 0. The minimum atomic E-state index is 0.811. The third kappa shape index (κ3) is 2.96. The van der Waals surface area contributed by atoms with Crippen molar-refractivity contribution in [1.29, 1.82) is 0 Å². The Morgan fingerprint density at radius 2 is 2.00 bits per heavy atom. The molecule has 2 heteroatoms. The monoisotopic (exact) mass is 205 g/mol. The van der Waals surface area contributed by atoms with Gasteiger partial charge in [0.1, 0.15) is 5.75 Å². The second-order valence-corrected chi connectivity index (χ2v) is 4.22.